The molecule has 2 aromatic rings. The molecule has 0 heterocycles. The minimum Gasteiger partial charge on any atom is -0.496 e. The van der Waals surface area contributed by atoms with E-state index in [-0.39, 0.29) is 11.7 Å². The van der Waals surface area contributed by atoms with Gasteiger partial charge in [-0.1, -0.05) is 29.3 Å². The van der Waals surface area contributed by atoms with E-state index in [9.17, 15) is 4.79 Å². The molecule has 0 unspecified atom stereocenters. The topological polar surface area (TPSA) is 50.7 Å². The first-order chi connectivity index (χ1) is 12.4. The molecule has 0 saturated heterocycles. The van der Waals surface area contributed by atoms with Crippen LogP contribution in [0.4, 0.5) is 0 Å². The molecule has 1 N–H and O–H groups in total. The Labute approximate surface area is 175 Å². The normalized spacial score (nSPS) is 11.3. The summed E-state index contributed by atoms with van der Waals surface area (Å²) in [5, 5.41) is 5.34. The number of amides is 1. The zero-order valence-corrected chi connectivity index (χ0v) is 18.1. The number of methoxy groups -OCH3 is 1. The number of benzene rings is 2. The van der Waals surface area contributed by atoms with Crippen LogP contribution in [-0.4, -0.2) is 24.5 Å². The lowest BCUT2D eigenvalue weighted by molar-refractivity contribution is -0.118. The fourth-order valence-corrected chi connectivity index (χ4v) is 4.15. The number of nitrogens with one attached hydrogen (secondary N) is 1. The van der Waals surface area contributed by atoms with Gasteiger partial charge in [-0.05, 0) is 64.3 Å². The molecule has 138 valence electrons. The van der Waals surface area contributed by atoms with Gasteiger partial charge in [-0.25, -0.2) is 5.43 Å². The molecular weight excluding hydrogens is 459 g/mol. The Morgan fingerprint density at radius 1 is 1.27 bits per heavy atom. The molecule has 0 radical (unpaired) electrons. The molecule has 0 aromatic heterocycles. The molecule has 0 atom stereocenters. The number of thioether (sulfide) groups is 1. The first-order valence-electron chi connectivity index (χ1n) is 7.60. The van der Waals surface area contributed by atoms with Crippen LogP contribution in [0.3, 0.4) is 0 Å². The molecule has 0 saturated carbocycles. The van der Waals surface area contributed by atoms with E-state index >= 15 is 0 Å². The highest BCUT2D eigenvalue weighted by Crippen LogP contribution is 2.28. The van der Waals surface area contributed by atoms with Crippen molar-refractivity contribution in [2.45, 2.75) is 12.7 Å². The van der Waals surface area contributed by atoms with Gasteiger partial charge < -0.3 is 4.74 Å². The van der Waals surface area contributed by atoms with Crippen LogP contribution in [-0.2, 0) is 10.5 Å². The van der Waals surface area contributed by atoms with Crippen molar-refractivity contribution in [1.82, 2.24) is 5.43 Å². The summed E-state index contributed by atoms with van der Waals surface area (Å²) in [7, 11) is 1.61. The second kappa shape index (κ2) is 10.2. The van der Waals surface area contributed by atoms with Gasteiger partial charge in [0.15, 0.2) is 0 Å². The van der Waals surface area contributed by atoms with E-state index in [4.69, 9.17) is 27.9 Å². The summed E-state index contributed by atoms with van der Waals surface area (Å²) >= 11 is 17.1. The maximum absolute atomic E-state index is 12.0. The van der Waals surface area contributed by atoms with E-state index in [1.165, 1.54) is 11.8 Å². The Bertz CT molecular complexity index is 811. The van der Waals surface area contributed by atoms with Crippen LogP contribution < -0.4 is 10.2 Å². The fraction of sp³-hybridized carbons (Fsp3) is 0.222. The maximum atomic E-state index is 12.0. The van der Waals surface area contributed by atoms with E-state index in [0.29, 0.717) is 21.5 Å². The summed E-state index contributed by atoms with van der Waals surface area (Å²) in [5.74, 6) is 1.36. The van der Waals surface area contributed by atoms with Gasteiger partial charge in [0.1, 0.15) is 5.75 Å². The Hall–Kier alpha value is -1.21. The molecule has 0 aliphatic rings. The molecule has 8 heteroatoms. The van der Waals surface area contributed by atoms with Gasteiger partial charge in [0.05, 0.1) is 23.0 Å². The van der Waals surface area contributed by atoms with E-state index in [1.54, 1.807) is 25.3 Å². The van der Waals surface area contributed by atoms with Crippen LogP contribution in [0, 0.1) is 0 Å². The third-order valence-electron chi connectivity index (χ3n) is 3.46. The van der Waals surface area contributed by atoms with Gasteiger partial charge in [-0.2, -0.15) is 5.10 Å². The Kier molecular flexibility index (Phi) is 8.28. The van der Waals surface area contributed by atoms with Crippen LogP contribution in [0.1, 0.15) is 18.1 Å². The number of ether oxygens (including phenoxy) is 1. The molecule has 0 aliphatic carbocycles. The lowest BCUT2D eigenvalue weighted by Crippen LogP contribution is -2.21. The average molecular weight is 476 g/mol. The largest absolute Gasteiger partial charge is 0.496 e. The number of carbonyl (C=O) groups is 1. The number of halogens is 3. The maximum Gasteiger partial charge on any atom is 0.250 e. The third-order valence-corrected chi connectivity index (χ3v) is 5.75. The fourth-order valence-electron chi connectivity index (χ4n) is 2.05. The van der Waals surface area contributed by atoms with Crippen molar-refractivity contribution in [3.8, 4) is 5.75 Å². The molecular formula is C18H17BrCl2N2O2S. The summed E-state index contributed by atoms with van der Waals surface area (Å²) in [6.07, 6.45) is 0. The second-order valence-electron chi connectivity index (χ2n) is 5.27. The standard InChI is InChI=1S/C18H17BrCl2N2O2S/c1-11(12-6-7-17(25-2)14(19)8-12)22-23-18(24)10-26-9-13-15(20)4-3-5-16(13)21/h3-8H,9-10H2,1-2H3,(H,23,24)/b22-11-. The van der Waals surface area contributed by atoms with Crippen molar-refractivity contribution in [3.63, 3.8) is 0 Å². The summed E-state index contributed by atoms with van der Waals surface area (Å²) < 4.78 is 6.02. The second-order valence-corrected chi connectivity index (χ2v) is 7.93. The molecule has 4 nitrogen and oxygen atoms in total. The minimum atomic E-state index is -0.190. The Balaban J connectivity index is 1.87. The van der Waals surface area contributed by atoms with Gasteiger partial charge >= 0.3 is 0 Å². The van der Waals surface area contributed by atoms with Crippen molar-refractivity contribution in [2.24, 2.45) is 5.10 Å². The van der Waals surface area contributed by atoms with Crippen molar-refractivity contribution in [1.29, 1.82) is 0 Å². The molecule has 0 bridgehead atoms. The van der Waals surface area contributed by atoms with Crippen molar-refractivity contribution >= 4 is 62.5 Å². The quantitative estimate of drug-likeness (QED) is 0.422. The highest BCUT2D eigenvalue weighted by Gasteiger charge is 2.08. The number of hydrazone groups is 1. The first kappa shape index (κ1) is 21.1. The van der Waals surface area contributed by atoms with Crippen LogP contribution >= 0.6 is 50.9 Å². The smallest absolute Gasteiger partial charge is 0.250 e. The summed E-state index contributed by atoms with van der Waals surface area (Å²) in [6, 6.07) is 11.0. The molecule has 2 aromatic carbocycles. The number of carbonyl (C=O) groups excluding carboxylic acids is 1. The van der Waals surface area contributed by atoms with Crippen molar-refractivity contribution in [2.75, 3.05) is 12.9 Å². The minimum absolute atomic E-state index is 0.190. The molecule has 0 aliphatic heterocycles. The van der Waals surface area contributed by atoms with Crippen molar-refractivity contribution < 1.29 is 9.53 Å². The van der Waals surface area contributed by atoms with E-state index in [2.05, 4.69) is 26.5 Å². The lowest BCUT2D eigenvalue weighted by Gasteiger charge is -2.07. The van der Waals surface area contributed by atoms with Crippen LogP contribution in [0.2, 0.25) is 10.0 Å². The molecule has 2 rings (SSSR count). The lowest BCUT2D eigenvalue weighted by atomic mass is 10.1. The number of rotatable bonds is 7. The van der Waals surface area contributed by atoms with Crippen molar-refractivity contribution in [3.05, 3.63) is 62.0 Å². The predicted molar refractivity (Wildman–Crippen MR) is 114 cm³/mol. The number of nitrogens with zero attached hydrogens (tertiary/aromatic N) is 1. The third kappa shape index (κ3) is 5.91. The highest BCUT2D eigenvalue weighted by atomic mass is 79.9. The van der Waals surface area contributed by atoms with Crippen LogP contribution in [0.25, 0.3) is 0 Å². The predicted octanol–water partition coefficient (Wildman–Crippen LogP) is 5.54. The summed E-state index contributed by atoms with van der Waals surface area (Å²) in [6.45, 7) is 1.82. The summed E-state index contributed by atoms with van der Waals surface area (Å²) in [4.78, 5) is 12.0. The van der Waals surface area contributed by atoms with Gasteiger partial charge in [0.2, 0.25) is 5.91 Å². The molecule has 0 spiro atoms. The number of hydrogen-bond donors (Lipinski definition) is 1. The zero-order valence-electron chi connectivity index (χ0n) is 14.2. The Morgan fingerprint density at radius 3 is 2.58 bits per heavy atom. The number of hydrogen-bond acceptors (Lipinski definition) is 4. The van der Waals surface area contributed by atoms with Gasteiger partial charge in [-0.3, -0.25) is 4.79 Å². The molecule has 0 fully saturated rings. The molecule has 26 heavy (non-hydrogen) atoms. The van der Waals surface area contributed by atoms with E-state index in [1.807, 2.05) is 25.1 Å². The van der Waals surface area contributed by atoms with Crippen LogP contribution in [0.5, 0.6) is 5.75 Å². The SMILES string of the molecule is COc1ccc(/C(C)=N\NC(=O)CSCc2c(Cl)cccc2Cl)cc1Br. The first-order valence-corrected chi connectivity index (χ1v) is 10.3. The van der Waals surface area contributed by atoms with E-state index < -0.39 is 0 Å². The highest BCUT2D eigenvalue weighted by molar-refractivity contribution is 9.10. The van der Waals surface area contributed by atoms with E-state index in [0.717, 1.165) is 21.3 Å². The monoisotopic (exact) mass is 474 g/mol. The average Bonchev–Trinajstić information content (AvgIpc) is 2.62. The van der Waals surface area contributed by atoms with Crippen LogP contribution in [0.15, 0.2) is 46.0 Å². The Morgan fingerprint density at radius 2 is 1.96 bits per heavy atom. The molecule has 1 amide bonds. The van der Waals surface area contributed by atoms with Gasteiger partial charge in [-0.15, -0.1) is 11.8 Å². The van der Waals surface area contributed by atoms with Gasteiger partial charge in [0, 0.05) is 15.8 Å². The summed E-state index contributed by atoms with van der Waals surface area (Å²) in [5.41, 5.74) is 4.97. The van der Waals surface area contributed by atoms with Gasteiger partial charge in [0.25, 0.3) is 0 Å². The zero-order chi connectivity index (χ0) is 19.1.